The molecule has 1 nitrogen and oxygen atoms in total. The molecule has 1 heteroatoms. The van der Waals surface area contributed by atoms with Gasteiger partial charge in [-0.2, -0.15) is 0 Å². The lowest BCUT2D eigenvalue weighted by Crippen LogP contribution is -2.26. The van der Waals surface area contributed by atoms with Crippen molar-refractivity contribution in [2.75, 3.05) is 0 Å². The Hall–Kier alpha value is -0.720. The van der Waals surface area contributed by atoms with Crippen molar-refractivity contribution in [2.24, 2.45) is 17.1 Å². The van der Waals surface area contributed by atoms with E-state index in [9.17, 15) is 0 Å². The van der Waals surface area contributed by atoms with Gasteiger partial charge in [-0.1, -0.05) is 32.9 Å². The molecule has 0 aromatic rings. The van der Waals surface area contributed by atoms with Crippen LogP contribution in [-0.2, 0) is 0 Å². The third-order valence-electron chi connectivity index (χ3n) is 2.24. The van der Waals surface area contributed by atoms with Crippen LogP contribution in [0.2, 0.25) is 0 Å². The Labute approximate surface area is 69.0 Å². The maximum Gasteiger partial charge on any atom is 0.0120 e. The van der Waals surface area contributed by atoms with Crippen LogP contribution in [0.5, 0.6) is 0 Å². The summed E-state index contributed by atoms with van der Waals surface area (Å²) < 4.78 is 0. The monoisotopic (exact) mass is 151 g/mol. The first-order chi connectivity index (χ1) is 5.02. The van der Waals surface area contributed by atoms with Gasteiger partial charge >= 0.3 is 0 Å². The smallest absolute Gasteiger partial charge is 0.0120 e. The van der Waals surface area contributed by atoms with E-state index in [-0.39, 0.29) is 0 Å². The Morgan fingerprint density at radius 3 is 2.45 bits per heavy atom. The topological polar surface area (TPSA) is 26.0 Å². The van der Waals surface area contributed by atoms with Gasteiger partial charge in [0, 0.05) is 11.6 Å². The van der Waals surface area contributed by atoms with E-state index in [0.717, 1.165) is 12.1 Å². The normalized spacial score (nSPS) is 25.0. The van der Waals surface area contributed by atoms with Crippen LogP contribution in [0.3, 0.4) is 0 Å². The van der Waals surface area contributed by atoms with Crippen LogP contribution in [0.25, 0.3) is 0 Å². The van der Waals surface area contributed by atoms with Crippen molar-refractivity contribution in [1.29, 1.82) is 0 Å². The van der Waals surface area contributed by atoms with Gasteiger partial charge in [-0.25, -0.2) is 0 Å². The highest BCUT2D eigenvalue weighted by atomic mass is 14.6. The number of rotatable bonds is 0. The minimum Gasteiger partial charge on any atom is -0.402 e. The first-order valence-corrected chi connectivity index (χ1v) is 4.14. The van der Waals surface area contributed by atoms with E-state index in [1.165, 1.54) is 0 Å². The molecule has 0 radical (unpaired) electrons. The molecule has 0 fully saturated rings. The highest BCUT2D eigenvalue weighted by molar-refractivity contribution is 5.19. The lowest BCUT2D eigenvalue weighted by Gasteiger charge is -2.31. The predicted molar refractivity (Wildman–Crippen MR) is 49.0 cm³/mol. The zero-order valence-corrected chi connectivity index (χ0v) is 7.59. The van der Waals surface area contributed by atoms with Crippen molar-refractivity contribution < 1.29 is 0 Å². The Balaban J connectivity index is 2.76. The van der Waals surface area contributed by atoms with Gasteiger partial charge in [-0.15, -0.1) is 0 Å². The molecule has 0 aromatic carbocycles. The summed E-state index contributed by atoms with van der Waals surface area (Å²) in [6.07, 6.45) is 7.33. The summed E-state index contributed by atoms with van der Waals surface area (Å²) >= 11 is 0. The number of hydrogen-bond donors (Lipinski definition) is 1. The van der Waals surface area contributed by atoms with Gasteiger partial charge in [0.05, 0.1) is 0 Å². The van der Waals surface area contributed by atoms with Crippen LogP contribution in [0.1, 0.15) is 27.2 Å². The summed E-state index contributed by atoms with van der Waals surface area (Å²) in [6, 6.07) is 0. The molecule has 62 valence electrons. The fraction of sp³-hybridized carbons (Fsp3) is 0.600. The van der Waals surface area contributed by atoms with Crippen molar-refractivity contribution in [1.82, 2.24) is 0 Å². The molecule has 2 N–H and O–H groups in total. The van der Waals surface area contributed by atoms with Crippen LogP contribution < -0.4 is 5.73 Å². The van der Waals surface area contributed by atoms with Gasteiger partial charge in [-0.05, 0) is 17.9 Å². The molecule has 0 spiro atoms. The average Bonchev–Trinajstić information content (AvgIpc) is 1.86. The maximum atomic E-state index is 5.87. The van der Waals surface area contributed by atoms with Gasteiger partial charge in [0.1, 0.15) is 0 Å². The van der Waals surface area contributed by atoms with Gasteiger partial charge in [-0.3, -0.25) is 0 Å². The molecule has 1 aliphatic rings. The fourth-order valence-corrected chi connectivity index (χ4v) is 1.50. The molecule has 0 heterocycles. The summed E-state index contributed by atoms with van der Waals surface area (Å²) in [7, 11) is 0. The van der Waals surface area contributed by atoms with E-state index in [1.807, 2.05) is 12.2 Å². The summed E-state index contributed by atoms with van der Waals surface area (Å²) in [5, 5.41) is 0. The molecule has 1 aliphatic carbocycles. The Bertz CT molecular complexity index is 193. The molecular formula is C10H17N. The fourth-order valence-electron chi connectivity index (χ4n) is 1.50. The molecule has 0 aliphatic heterocycles. The first-order valence-electron chi connectivity index (χ1n) is 4.14. The molecule has 1 atom stereocenters. The van der Waals surface area contributed by atoms with E-state index in [0.29, 0.717) is 11.3 Å². The SMILES string of the molecule is CC(C)(C)C1CC=CC=C1N. The molecule has 1 rings (SSSR count). The van der Waals surface area contributed by atoms with Crippen LogP contribution in [0, 0.1) is 11.3 Å². The first kappa shape index (κ1) is 8.38. The molecule has 0 bridgehead atoms. The minimum absolute atomic E-state index is 0.297. The van der Waals surface area contributed by atoms with Gasteiger partial charge in [0.2, 0.25) is 0 Å². The summed E-state index contributed by atoms with van der Waals surface area (Å²) in [4.78, 5) is 0. The van der Waals surface area contributed by atoms with Crippen LogP contribution in [0.4, 0.5) is 0 Å². The average molecular weight is 151 g/mol. The lowest BCUT2D eigenvalue weighted by atomic mass is 9.75. The van der Waals surface area contributed by atoms with Crippen molar-refractivity contribution >= 4 is 0 Å². The molecular weight excluding hydrogens is 134 g/mol. The van der Waals surface area contributed by atoms with E-state index < -0.39 is 0 Å². The molecule has 0 aromatic heterocycles. The van der Waals surface area contributed by atoms with E-state index in [1.54, 1.807) is 0 Å². The van der Waals surface area contributed by atoms with Crippen LogP contribution in [0.15, 0.2) is 23.9 Å². The lowest BCUT2D eigenvalue weighted by molar-refractivity contribution is 0.277. The predicted octanol–water partition coefficient (Wildman–Crippen LogP) is 2.45. The highest BCUT2D eigenvalue weighted by Gasteiger charge is 2.26. The van der Waals surface area contributed by atoms with Crippen LogP contribution >= 0.6 is 0 Å². The standard InChI is InChI=1S/C10H17N/c1-10(2,3)8-6-4-5-7-9(8)11/h4-5,7-8H,6,11H2,1-3H3. The second-order valence-corrected chi connectivity index (χ2v) is 4.25. The molecule has 0 saturated carbocycles. The van der Waals surface area contributed by atoms with E-state index in [4.69, 9.17) is 5.73 Å². The maximum absolute atomic E-state index is 5.87. The van der Waals surface area contributed by atoms with Gasteiger partial charge in [0.25, 0.3) is 0 Å². The van der Waals surface area contributed by atoms with Crippen molar-refractivity contribution in [2.45, 2.75) is 27.2 Å². The second kappa shape index (κ2) is 2.72. The van der Waals surface area contributed by atoms with Crippen molar-refractivity contribution in [3.05, 3.63) is 23.9 Å². The second-order valence-electron chi connectivity index (χ2n) is 4.25. The third-order valence-corrected chi connectivity index (χ3v) is 2.24. The van der Waals surface area contributed by atoms with E-state index in [2.05, 4.69) is 26.8 Å². The molecule has 1 unspecified atom stereocenters. The zero-order chi connectivity index (χ0) is 8.48. The van der Waals surface area contributed by atoms with E-state index >= 15 is 0 Å². The van der Waals surface area contributed by atoms with Crippen LogP contribution in [-0.4, -0.2) is 0 Å². The molecule has 0 amide bonds. The molecule has 0 saturated heterocycles. The number of nitrogens with two attached hydrogens (primary N) is 1. The Kier molecular flexibility index (Phi) is 2.08. The minimum atomic E-state index is 0.297. The summed E-state index contributed by atoms with van der Waals surface area (Å²) in [5.41, 5.74) is 7.20. The quantitative estimate of drug-likeness (QED) is 0.565. The Morgan fingerprint density at radius 1 is 1.45 bits per heavy atom. The largest absolute Gasteiger partial charge is 0.402 e. The summed E-state index contributed by atoms with van der Waals surface area (Å²) in [6.45, 7) is 6.70. The highest BCUT2D eigenvalue weighted by Crippen LogP contribution is 2.34. The zero-order valence-electron chi connectivity index (χ0n) is 7.59. The van der Waals surface area contributed by atoms with Gasteiger partial charge < -0.3 is 5.73 Å². The number of hydrogen-bond acceptors (Lipinski definition) is 1. The third kappa shape index (κ3) is 1.86. The van der Waals surface area contributed by atoms with Gasteiger partial charge in [0.15, 0.2) is 0 Å². The summed E-state index contributed by atoms with van der Waals surface area (Å²) in [5.74, 6) is 0.521. The van der Waals surface area contributed by atoms with Crippen molar-refractivity contribution in [3.63, 3.8) is 0 Å². The number of allylic oxidation sites excluding steroid dienone is 4. The molecule has 11 heavy (non-hydrogen) atoms. The van der Waals surface area contributed by atoms with Crippen molar-refractivity contribution in [3.8, 4) is 0 Å². The Morgan fingerprint density at radius 2 is 2.09 bits per heavy atom.